The largest absolute Gasteiger partial charge is 0.378 e. The first-order valence-corrected chi connectivity index (χ1v) is 10.3. The van der Waals surface area contributed by atoms with Crippen LogP contribution in [0.2, 0.25) is 0 Å². The summed E-state index contributed by atoms with van der Waals surface area (Å²) in [5.41, 5.74) is 1.74. The van der Waals surface area contributed by atoms with Gasteiger partial charge in [-0.1, -0.05) is 12.1 Å². The van der Waals surface area contributed by atoms with Gasteiger partial charge in [0, 0.05) is 45.8 Å². The standard InChI is InChI=1S/C21H30N6O2/c1-2-23-21(24-16-19-5-3-18(15-22)4-6-19)27-9-7-25(8-10-27)17-20(28)26-11-13-29-14-12-26/h3-6H,2,7-14,16-17H2,1H3,(H,23,24). The molecular weight excluding hydrogens is 368 g/mol. The van der Waals surface area contributed by atoms with Crippen LogP contribution >= 0.6 is 0 Å². The lowest BCUT2D eigenvalue weighted by atomic mass is 10.1. The third-order valence-corrected chi connectivity index (χ3v) is 5.22. The molecule has 2 saturated heterocycles. The molecule has 0 aromatic heterocycles. The van der Waals surface area contributed by atoms with Crippen molar-refractivity contribution in [2.45, 2.75) is 13.5 Å². The maximum absolute atomic E-state index is 12.4. The molecule has 0 bridgehead atoms. The fourth-order valence-corrected chi connectivity index (χ4v) is 3.50. The van der Waals surface area contributed by atoms with Crippen molar-refractivity contribution in [3.8, 4) is 6.07 Å². The Labute approximate surface area is 172 Å². The molecule has 0 saturated carbocycles. The zero-order valence-electron chi connectivity index (χ0n) is 17.1. The van der Waals surface area contributed by atoms with Crippen LogP contribution in [0.5, 0.6) is 0 Å². The zero-order chi connectivity index (χ0) is 20.5. The van der Waals surface area contributed by atoms with E-state index in [1.54, 1.807) is 0 Å². The number of aliphatic imine (C=N–C) groups is 1. The fraction of sp³-hybridized carbons (Fsp3) is 0.571. The average Bonchev–Trinajstić information content (AvgIpc) is 2.78. The van der Waals surface area contributed by atoms with E-state index in [0.717, 1.165) is 44.2 Å². The number of guanidine groups is 1. The number of rotatable bonds is 5. The molecule has 8 nitrogen and oxygen atoms in total. The summed E-state index contributed by atoms with van der Waals surface area (Å²) in [4.78, 5) is 23.6. The number of nitrogens with zero attached hydrogens (tertiary/aromatic N) is 5. The molecule has 2 aliphatic rings. The second-order valence-corrected chi connectivity index (χ2v) is 7.24. The SMILES string of the molecule is CCNC(=NCc1ccc(C#N)cc1)N1CCN(CC(=O)N2CCOCC2)CC1. The number of carbonyl (C=O) groups is 1. The van der Waals surface area contributed by atoms with Crippen molar-refractivity contribution < 1.29 is 9.53 Å². The van der Waals surface area contributed by atoms with Gasteiger partial charge in [0.1, 0.15) is 0 Å². The number of hydrogen-bond donors (Lipinski definition) is 1. The second kappa shape index (κ2) is 10.8. The van der Waals surface area contributed by atoms with Gasteiger partial charge in [0.05, 0.1) is 37.9 Å². The van der Waals surface area contributed by atoms with Gasteiger partial charge in [-0.25, -0.2) is 4.99 Å². The minimum absolute atomic E-state index is 0.197. The van der Waals surface area contributed by atoms with E-state index in [2.05, 4.69) is 28.1 Å². The van der Waals surface area contributed by atoms with Crippen LogP contribution in [0, 0.1) is 11.3 Å². The molecule has 2 heterocycles. The molecule has 1 amide bonds. The van der Waals surface area contributed by atoms with Crippen LogP contribution in [-0.2, 0) is 16.1 Å². The smallest absolute Gasteiger partial charge is 0.236 e. The van der Waals surface area contributed by atoms with Gasteiger partial charge in [-0.15, -0.1) is 0 Å². The van der Waals surface area contributed by atoms with Gasteiger partial charge in [-0.05, 0) is 24.6 Å². The third kappa shape index (κ3) is 6.17. The molecule has 2 aliphatic heterocycles. The Hall–Kier alpha value is -2.63. The molecule has 3 rings (SSSR count). The van der Waals surface area contributed by atoms with Gasteiger partial charge in [-0.3, -0.25) is 9.69 Å². The quantitative estimate of drug-likeness (QED) is 0.574. The number of benzene rings is 1. The summed E-state index contributed by atoms with van der Waals surface area (Å²) in [7, 11) is 0. The lowest BCUT2D eigenvalue weighted by Crippen LogP contribution is -2.54. The molecule has 1 N–H and O–H groups in total. The first kappa shape index (κ1) is 21.1. The Morgan fingerprint density at radius 2 is 1.79 bits per heavy atom. The number of ether oxygens (including phenoxy) is 1. The molecule has 0 aliphatic carbocycles. The van der Waals surface area contributed by atoms with Crippen molar-refractivity contribution in [1.82, 2.24) is 20.0 Å². The van der Waals surface area contributed by atoms with Crippen LogP contribution in [0.25, 0.3) is 0 Å². The van der Waals surface area contributed by atoms with Crippen LogP contribution in [0.4, 0.5) is 0 Å². The van der Waals surface area contributed by atoms with Gasteiger partial charge < -0.3 is 19.9 Å². The summed E-state index contributed by atoms with van der Waals surface area (Å²) in [5, 5.41) is 12.3. The Morgan fingerprint density at radius 3 is 2.41 bits per heavy atom. The summed E-state index contributed by atoms with van der Waals surface area (Å²) in [6.45, 7) is 9.98. The van der Waals surface area contributed by atoms with Crippen molar-refractivity contribution in [1.29, 1.82) is 5.26 Å². The molecule has 0 unspecified atom stereocenters. The van der Waals surface area contributed by atoms with Gasteiger partial charge in [0.25, 0.3) is 0 Å². The molecule has 0 atom stereocenters. The number of nitriles is 1. The van der Waals surface area contributed by atoms with E-state index in [9.17, 15) is 4.79 Å². The van der Waals surface area contributed by atoms with Gasteiger partial charge in [0.15, 0.2) is 5.96 Å². The van der Waals surface area contributed by atoms with E-state index in [1.807, 2.05) is 29.2 Å². The molecular formula is C21H30N6O2. The van der Waals surface area contributed by atoms with Crippen LogP contribution < -0.4 is 5.32 Å². The maximum atomic E-state index is 12.4. The summed E-state index contributed by atoms with van der Waals surface area (Å²) in [5.74, 6) is 1.10. The molecule has 1 aromatic rings. The lowest BCUT2D eigenvalue weighted by molar-refractivity contribution is -0.136. The summed E-state index contributed by atoms with van der Waals surface area (Å²) < 4.78 is 5.32. The number of amides is 1. The predicted octanol–water partition coefficient (Wildman–Crippen LogP) is 0.500. The fourth-order valence-electron chi connectivity index (χ4n) is 3.50. The topological polar surface area (TPSA) is 84.2 Å². The highest BCUT2D eigenvalue weighted by Gasteiger charge is 2.24. The average molecular weight is 399 g/mol. The number of hydrogen-bond acceptors (Lipinski definition) is 5. The van der Waals surface area contributed by atoms with Crippen LogP contribution in [0.3, 0.4) is 0 Å². The highest BCUT2D eigenvalue weighted by molar-refractivity contribution is 5.80. The van der Waals surface area contributed by atoms with E-state index >= 15 is 0 Å². The first-order valence-electron chi connectivity index (χ1n) is 10.3. The third-order valence-electron chi connectivity index (χ3n) is 5.22. The number of carbonyl (C=O) groups excluding carboxylic acids is 1. The monoisotopic (exact) mass is 398 g/mol. The number of nitrogens with one attached hydrogen (secondary N) is 1. The van der Waals surface area contributed by atoms with Crippen molar-refractivity contribution >= 4 is 11.9 Å². The summed E-state index contributed by atoms with van der Waals surface area (Å²) in [6.07, 6.45) is 0. The second-order valence-electron chi connectivity index (χ2n) is 7.24. The van der Waals surface area contributed by atoms with Crippen molar-refractivity contribution in [3.05, 3.63) is 35.4 Å². The minimum Gasteiger partial charge on any atom is -0.378 e. The zero-order valence-corrected chi connectivity index (χ0v) is 17.1. The first-order chi connectivity index (χ1) is 14.2. The van der Waals surface area contributed by atoms with Gasteiger partial charge >= 0.3 is 0 Å². The Kier molecular flexibility index (Phi) is 7.85. The van der Waals surface area contributed by atoms with Gasteiger partial charge in [0.2, 0.25) is 5.91 Å². The molecule has 8 heteroatoms. The molecule has 2 fully saturated rings. The van der Waals surface area contributed by atoms with E-state index in [-0.39, 0.29) is 5.91 Å². The maximum Gasteiger partial charge on any atom is 0.236 e. The highest BCUT2D eigenvalue weighted by atomic mass is 16.5. The normalized spacial score (nSPS) is 18.4. The van der Waals surface area contributed by atoms with E-state index in [1.165, 1.54) is 0 Å². The Morgan fingerprint density at radius 1 is 1.10 bits per heavy atom. The minimum atomic E-state index is 0.197. The molecule has 29 heavy (non-hydrogen) atoms. The number of morpholine rings is 1. The van der Waals surface area contributed by atoms with Crippen molar-refractivity contribution in [2.75, 3.05) is 65.6 Å². The lowest BCUT2D eigenvalue weighted by Gasteiger charge is -2.37. The van der Waals surface area contributed by atoms with Gasteiger partial charge in [-0.2, -0.15) is 5.26 Å². The van der Waals surface area contributed by atoms with Crippen LogP contribution in [0.1, 0.15) is 18.1 Å². The van der Waals surface area contributed by atoms with Crippen LogP contribution in [-0.4, -0.2) is 92.1 Å². The van der Waals surface area contributed by atoms with E-state index < -0.39 is 0 Å². The highest BCUT2D eigenvalue weighted by Crippen LogP contribution is 2.08. The predicted molar refractivity (Wildman–Crippen MR) is 111 cm³/mol. The molecule has 156 valence electrons. The Bertz CT molecular complexity index is 729. The summed E-state index contributed by atoms with van der Waals surface area (Å²) >= 11 is 0. The van der Waals surface area contributed by atoms with Crippen molar-refractivity contribution in [3.63, 3.8) is 0 Å². The molecule has 0 radical (unpaired) electrons. The van der Waals surface area contributed by atoms with E-state index in [0.29, 0.717) is 45.0 Å². The van der Waals surface area contributed by atoms with E-state index in [4.69, 9.17) is 15.0 Å². The molecule has 1 aromatic carbocycles. The summed E-state index contributed by atoms with van der Waals surface area (Å²) in [6, 6.07) is 9.67. The number of piperazine rings is 1. The van der Waals surface area contributed by atoms with Crippen LogP contribution in [0.15, 0.2) is 29.3 Å². The Balaban J connectivity index is 1.50. The van der Waals surface area contributed by atoms with Crippen molar-refractivity contribution in [2.24, 2.45) is 4.99 Å². The molecule has 0 spiro atoms.